The van der Waals surface area contributed by atoms with Crippen molar-refractivity contribution < 1.29 is 14.3 Å². The summed E-state index contributed by atoms with van der Waals surface area (Å²) in [7, 11) is 0. The molecule has 2 rings (SSSR count). The molecular formula is C10H13NO3S. The van der Waals surface area contributed by atoms with Gasteiger partial charge < -0.3 is 9.47 Å². The fourth-order valence-electron chi connectivity index (χ4n) is 1.47. The maximum Gasteiger partial charge on any atom is 0.164 e. The molecule has 0 unspecified atom stereocenters. The lowest BCUT2D eigenvalue weighted by Crippen LogP contribution is -2.15. The van der Waals surface area contributed by atoms with E-state index in [1.165, 1.54) is 0 Å². The van der Waals surface area contributed by atoms with Gasteiger partial charge in [0.1, 0.15) is 5.78 Å². The summed E-state index contributed by atoms with van der Waals surface area (Å²) >= 11 is 1.56. The van der Waals surface area contributed by atoms with Crippen LogP contribution in [0.5, 0.6) is 0 Å². The van der Waals surface area contributed by atoms with Gasteiger partial charge in [0.2, 0.25) is 0 Å². The number of carbonyl (C=O) groups excluding carboxylic acids is 1. The van der Waals surface area contributed by atoms with Crippen LogP contribution >= 0.6 is 11.3 Å². The Bertz CT molecular complexity index is 344. The van der Waals surface area contributed by atoms with Crippen LogP contribution in [0.2, 0.25) is 0 Å². The molecule has 1 fully saturated rings. The van der Waals surface area contributed by atoms with Gasteiger partial charge in [-0.1, -0.05) is 0 Å². The third kappa shape index (κ3) is 3.09. The number of aryl methyl sites for hydroxylation is 1. The smallest absolute Gasteiger partial charge is 0.164 e. The lowest BCUT2D eigenvalue weighted by molar-refractivity contribution is -0.126. The maximum atomic E-state index is 11.6. The molecule has 0 amide bonds. The van der Waals surface area contributed by atoms with Gasteiger partial charge in [0.05, 0.1) is 30.3 Å². The summed E-state index contributed by atoms with van der Waals surface area (Å²) in [5.41, 5.74) is 0.848. The number of ether oxygens (including phenoxy) is 2. The van der Waals surface area contributed by atoms with E-state index in [1.54, 1.807) is 11.3 Å². The van der Waals surface area contributed by atoms with Crippen LogP contribution in [-0.4, -0.2) is 30.3 Å². The minimum atomic E-state index is -0.336. The molecule has 15 heavy (non-hydrogen) atoms. The van der Waals surface area contributed by atoms with E-state index < -0.39 is 0 Å². The van der Waals surface area contributed by atoms with Crippen LogP contribution in [0.25, 0.3) is 0 Å². The number of ketones is 1. The van der Waals surface area contributed by atoms with E-state index in [4.69, 9.17) is 9.47 Å². The summed E-state index contributed by atoms with van der Waals surface area (Å²) in [6, 6.07) is 0. The van der Waals surface area contributed by atoms with Crippen LogP contribution in [0.3, 0.4) is 0 Å². The van der Waals surface area contributed by atoms with Crippen molar-refractivity contribution in [2.45, 2.75) is 26.1 Å². The summed E-state index contributed by atoms with van der Waals surface area (Å²) in [6.07, 6.45) is 0.377. The molecule has 0 aromatic carbocycles. The van der Waals surface area contributed by atoms with Crippen LogP contribution in [0, 0.1) is 6.92 Å². The van der Waals surface area contributed by atoms with Gasteiger partial charge in [-0.05, 0) is 6.92 Å². The first-order chi connectivity index (χ1) is 7.24. The van der Waals surface area contributed by atoms with E-state index in [2.05, 4.69) is 4.98 Å². The number of nitrogens with zero attached hydrogens (tertiary/aromatic N) is 1. The highest BCUT2D eigenvalue weighted by molar-refractivity contribution is 7.09. The largest absolute Gasteiger partial charge is 0.350 e. The zero-order valence-corrected chi connectivity index (χ0v) is 9.38. The van der Waals surface area contributed by atoms with E-state index in [9.17, 15) is 4.79 Å². The monoisotopic (exact) mass is 227 g/mol. The summed E-state index contributed by atoms with van der Waals surface area (Å²) in [4.78, 5) is 15.8. The molecule has 0 radical (unpaired) electrons. The Morgan fingerprint density at radius 1 is 1.60 bits per heavy atom. The molecule has 4 nitrogen and oxygen atoms in total. The highest BCUT2D eigenvalue weighted by Gasteiger charge is 2.20. The second kappa shape index (κ2) is 4.83. The van der Waals surface area contributed by atoms with Crippen LogP contribution in [-0.2, 0) is 20.7 Å². The minimum absolute atomic E-state index is 0.118. The molecule has 1 aromatic rings. The van der Waals surface area contributed by atoms with Gasteiger partial charge in [0, 0.05) is 11.8 Å². The molecule has 1 saturated heterocycles. The lowest BCUT2D eigenvalue weighted by Gasteiger charge is -2.06. The summed E-state index contributed by atoms with van der Waals surface area (Å²) in [6.45, 7) is 3.11. The topological polar surface area (TPSA) is 48.4 Å². The molecule has 82 valence electrons. The van der Waals surface area contributed by atoms with E-state index in [0.29, 0.717) is 26.1 Å². The molecular weight excluding hydrogens is 214 g/mol. The summed E-state index contributed by atoms with van der Waals surface area (Å²) in [5, 5.41) is 2.91. The second-order valence-electron chi connectivity index (χ2n) is 3.45. The zero-order chi connectivity index (χ0) is 10.7. The minimum Gasteiger partial charge on any atom is -0.350 e. The fraction of sp³-hybridized carbons (Fsp3) is 0.600. The fourth-order valence-corrected chi connectivity index (χ4v) is 2.09. The third-order valence-corrected chi connectivity index (χ3v) is 2.95. The van der Waals surface area contributed by atoms with Crippen molar-refractivity contribution >= 4 is 17.1 Å². The molecule has 1 aliphatic rings. The maximum absolute atomic E-state index is 11.6. The molecule has 5 heteroatoms. The molecule has 0 N–H and O–H groups in total. The Hall–Kier alpha value is -0.780. The highest BCUT2D eigenvalue weighted by Crippen LogP contribution is 2.12. The summed E-state index contributed by atoms with van der Waals surface area (Å²) in [5.74, 6) is 0.118. The lowest BCUT2D eigenvalue weighted by atomic mass is 10.2. The van der Waals surface area contributed by atoms with Gasteiger partial charge >= 0.3 is 0 Å². The number of aromatic nitrogens is 1. The predicted molar refractivity (Wildman–Crippen MR) is 55.9 cm³/mol. The van der Waals surface area contributed by atoms with Crippen molar-refractivity contribution in [3.63, 3.8) is 0 Å². The highest BCUT2D eigenvalue weighted by atomic mass is 32.1. The van der Waals surface area contributed by atoms with Crippen molar-refractivity contribution in [1.29, 1.82) is 0 Å². The van der Waals surface area contributed by atoms with Gasteiger partial charge in [-0.3, -0.25) is 4.79 Å². The van der Waals surface area contributed by atoms with Crippen molar-refractivity contribution in [2.24, 2.45) is 0 Å². The Kier molecular flexibility index (Phi) is 3.45. The van der Waals surface area contributed by atoms with Crippen LogP contribution < -0.4 is 0 Å². The number of Topliss-reactive ketones (excluding diaryl/α,β-unsaturated/α-hetero) is 1. The van der Waals surface area contributed by atoms with Gasteiger partial charge in [0.25, 0.3) is 0 Å². The number of hydrogen-bond donors (Lipinski definition) is 0. The Morgan fingerprint density at radius 2 is 2.33 bits per heavy atom. The van der Waals surface area contributed by atoms with Crippen molar-refractivity contribution in [1.82, 2.24) is 4.98 Å². The van der Waals surface area contributed by atoms with Gasteiger partial charge in [-0.25, -0.2) is 4.98 Å². The summed E-state index contributed by atoms with van der Waals surface area (Å²) < 4.78 is 10.4. The first kappa shape index (κ1) is 10.7. The number of carbonyl (C=O) groups is 1. The van der Waals surface area contributed by atoms with Crippen molar-refractivity contribution in [3.8, 4) is 0 Å². The third-order valence-electron chi connectivity index (χ3n) is 2.13. The Balaban J connectivity index is 1.81. The molecule has 1 aliphatic heterocycles. The Labute approximate surface area is 92.2 Å². The van der Waals surface area contributed by atoms with Crippen molar-refractivity contribution in [3.05, 3.63) is 16.1 Å². The first-order valence-corrected chi connectivity index (χ1v) is 5.78. The molecule has 2 heterocycles. The average Bonchev–Trinajstić information content (AvgIpc) is 2.77. The first-order valence-electron chi connectivity index (χ1n) is 4.90. The second-order valence-corrected chi connectivity index (χ2v) is 4.51. The SMILES string of the molecule is Cc1nc(CC(=O)CC2OCCO2)cs1. The quantitative estimate of drug-likeness (QED) is 0.778. The van der Waals surface area contributed by atoms with Gasteiger partial charge in [-0.15, -0.1) is 11.3 Å². The predicted octanol–water partition coefficient (Wildman–Crippen LogP) is 1.33. The molecule has 1 aromatic heterocycles. The van der Waals surface area contributed by atoms with E-state index in [0.717, 1.165) is 10.7 Å². The van der Waals surface area contributed by atoms with Gasteiger partial charge in [0.15, 0.2) is 6.29 Å². The van der Waals surface area contributed by atoms with E-state index >= 15 is 0 Å². The molecule has 0 aliphatic carbocycles. The Morgan fingerprint density at radius 3 is 2.93 bits per heavy atom. The van der Waals surface area contributed by atoms with Crippen LogP contribution in [0.1, 0.15) is 17.1 Å². The molecule has 0 spiro atoms. The number of hydrogen-bond acceptors (Lipinski definition) is 5. The normalized spacial score (nSPS) is 17.1. The van der Waals surface area contributed by atoms with E-state index in [1.807, 2.05) is 12.3 Å². The molecule has 0 bridgehead atoms. The average molecular weight is 227 g/mol. The zero-order valence-electron chi connectivity index (χ0n) is 8.56. The molecule has 0 atom stereocenters. The van der Waals surface area contributed by atoms with E-state index in [-0.39, 0.29) is 12.1 Å². The number of rotatable bonds is 4. The van der Waals surface area contributed by atoms with Crippen molar-refractivity contribution in [2.75, 3.05) is 13.2 Å². The number of thiazole rings is 1. The van der Waals surface area contributed by atoms with Crippen LogP contribution in [0.15, 0.2) is 5.38 Å². The standard InChI is InChI=1S/C10H13NO3S/c1-7-11-8(6-15-7)4-9(12)5-10-13-2-3-14-10/h6,10H,2-5H2,1H3. The molecule has 0 saturated carbocycles. The van der Waals surface area contributed by atoms with Crippen LogP contribution in [0.4, 0.5) is 0 Å². The van der Waals surface area contributed by atoms with Gasteiger partial charge in [-0.2, -0.15) is 0 Å².